The van der Waals surface area contributed by atoms with Crippen LogP contribution >= 0.6 is 23.2 Å². The number of carbonyl (C=O) groups excluding carboxylic acids is 1. The molecule has 0 saturated heterocycles. The number of hydrogen-bond donors (Lipinski definition) is 1. The normalized spacial score (nSPS) is 10.4. The van der Waals surface area contributed by atoms with Crippen LogP contribution in [0.5, 0.6) is 0 Å². The molecule has 0 saturated carbocycles. The first-order valence-corrected chi connectivity index (χ1v) is 7.34. The van der Waals surface area contributed by atoms with Crippen molar-refractivity contribution in [1.29, 1.82) is 0 Å². The smallest absolute Gasteiger partial charge is 0.224 e. The Balaban J connectivity index is 1.96. The molecule has 2 nitrogen and oxygen atoms in total. The van der Waals surface area contributed by atoms with Crippen molar-refractivity contribution in [1.82, 2.24) is 5.32 Å². The first-order valence-electron chi connectivity index (χ1n) is 6.43. The zero-order chi connectivity index (χ0) is 15.2. The lowest BCUT2D eigenvalue weighted by Gasteiger charge is -2.08. The molecular formula is C16H14Cl2FNO. The van der Waals surface area contributed by atoms with Gasteiger partial charge in [0, 0.05) is 23.0 Å². The van der Waals surface area contributed by atoms with Crippen LogP contribution in [0, 0.1) is 5.82 Å². The van der Waals surface area contributed by atoms with Crippen molar-refractivity contribution in [2.24, 2.45) is 0 Å². The second kappa shape index (κ2) is 7.43. The third-order valence-electron chi connectivity index (χ3n) is 3.03. The van der Waals surface area contributed by atoms with Crippen LogP contribution < -0.4 is 5.32 Å². The predicted molar refractivity (Wildman–Crippen MR) is 83.0 cm³/mol. The van der Waals surface area contributed by atoms with Gasteiger partial charge in [-0.3, -0.25) is 4.79 Å². The molecule has 0 radical (unpaired) electrons. The lowest BCUT2D eigenvalue weighted by Crippen LogP contribution is -2.25. The Hall–Kier alpha value is -1.58. The van der Waals surface area contributed by atoms with Crippen molar-refractivity contribution < 1.29 is 9.18 Å². The molecule has 0 spiro atoms. The van der Waals surface area contributed by atoms with Gasteiger partial charge in [0.25, 0.3) is 0 Å². The van der Waals surface area contributed by atoms with Crippen LogP contribution in [-0.2, 0) is 23.6 Å². The quantitative estimate of drug-likeness (QED) is 0.824. The number of halogens is 3. The SMILES string of the molecule is O=C(Cc1c(F)cccc1Cl)NCc1cccc(CCl)c1. The molecule has 21 heavy (non-hydrogen) atoms. The van der Waals surface area contributed by atoms with E-state index in [0.717, 1.165) is 11.1 Å². The van der Waals surface area contributed by atoms with E-state index < -0.39 is 5.82 Å². The third-order valence-corrected chi connectivity index (χ3v) is 3.70. The lowest BCUT2D eigenvalue weighted by molar-refractivity contribution is -0.120. The Morgan fingerprint density at radius 3 is 2.57 bits per heavy atom. The second-order valence-corrected chi connectivity index (χ2v) is 5.28. The molecule has 0 fully saturated rings. The highest BCUT2D eigenvalue weighted by molar-refractivity contribution is 6.31. The van der Waals surface area contributed by atoms with Gasteiger partial charge in [0.15, 0.2) is 0 Å². The van der Waals surface area contributed by atoms with Gasteiger partial charge in [-0.2, -0.15) is 0 Å². The summed E-state index contributed by atoms with van der Waals surface area (Å²) in [5, 5.41) is 3.00. The van der Waals surface area contributed by atoms with E-state index in [1.165, 1.54) is 12.1 Å². The van der Waals surface area contributed by atoms with E-state index in [1.54, 1.807) is 6.07 Å². The zero-order valence-electron chi connectivity index (χ0n) is 11.2. The Kier molecular flexibility index (Phi) is 5.59. The molecule has 0 bridgehead atoms. The predicted octanol–water partition coefficient (Wildman–Crippen LogP) is 4.08. The van der Waals surface area contributed by atoms with E-state index in [4.69, 9.17) is 23.2 Å². The molecule has 0 unspecified atom stereocenters. The molecule has 0 aliphatic rings. The fourth-order valence-electron chi connectivity index (χ4n) is 1.95. The summed E-state index contributed by atoms with van der Waals surface area (Å²) in [5.74, 6) is -0.327. The Bertz CT molecular complexity index is 626. The summed E-state index contributed by atoms with van der Waals surface area (Å²) in [5.41, 5.74) is 2.15. The fourth-order valence-corrected chi connectivity index (χ4v) is 2.34. The Morgan fingerprint density at radius 2 is 1.86 bits per heavy atom. The van der Waals surface area contributed by atoms with Gasteiger partial charge in [-0.15, -0.1) is 11.6 Å². The van der Waals surface area contributed by atoms with Gasteiger partial charge in [-0.1, -0.05) is 41.9 Å². The van der Waals surface area contributed by atoms with Gasteiger partial charge >= 0.3 is 0 Å². The van der Waals surface area contributed by atoms with E-state index in [-0.39, 0.29) is 22.9 Å². The molecule has 110 valence electrons. The average molecular weight is 326 g/mol. The number of hydrogen-bond acceptors (Lipinski definition) is 1. The molecular weight excluding hydrogens is 312 g/mol. The lowest BCUT2D eigenvalue weighted by atomic mass is 10.1. The molecule has 5 heteroatoms. The van der Waals surface area contributed by atoms with Crippen LogP contribution in [0.25, 0.3) is 0 Å². The maximum atomic E-state index is 13.6. The van der Waals surface area contributed by atoms with Crippen molar-refractivity contribution >= 4 is 29.1 Å². The standard InChI is InChI=1S/C16H14Cl2FNO/c17-9-11-3-1-4-12(7-11)10-20-16(21)8-13-14(18)5-2-6-15(13)19/h1-7H,8-10H2,(H,20,21). The molecule has 0 aliphatic carbocycles. The summed E-state index contributed by atoms with van der Waals surface area (Å²) in [6.45, 7) is 0.371. The van der Waals surface area contributed by atoms with E-state index >= 15 is 0 Å². The zero-order valence-corrected chi connectivity index (χ0v) is 12.7. The van der Waals surface area contributed by atoms with Gasteiger partial charge in [0.2, 0.25) is 5.91 Å². The van der Waals surface area contributed by atoms with Gasteiger partial charge < -0.3 is 5.32 Å². The molecule has 2 rings (SSSR count). The minimum absolute atomic E-state index is 0.0826. The number of carbonyl (C=O) groups is 1. The third kappa shape index (κ3) is 4.45. The summed E-state index contributed by atoms with van der Waals surface area (Å²) in [4.78, 5) is 11.9. The summed E-state index contributed by atoms with van der Waals surface area (Å²) in [7, 11) is 0. The first kappa shape index (κ1) is 15.8. The van der Waals surface area contributed by atoms with Gasteiger partial charge in [-0.05, 0) is 23.3 Å². The van der Waals surface area contributed by atoms with Crippen molar-refractivity contribution in [3.63, 3.8) is 0 Å². The minimum atomic E-state index is -0.471. The largest absolute Gasteiger partial charge is 0.352 e. The number of nitrogens with one attached hydrogen (secondary N) is 1. The summed E-state index contributed by atoms with van der Waals surface area (Å²) in [6.07, 6.45) is -0.0826. The molecule has 2 aromatic rings. The van der Waals surface area contributed by atoms with Crippen LogP contribution in [0.1, 0.15) is 16.7 Å². The maximum Gasteiger partial charge on any atom is 0.224 e. The highest BCUT2D eigenvalue weighted by atomic mass is 35.5. The van der Waals surface area contributed by atoms with E-state index in [2.05, 4.69) is 5.32 Å². The Labute approximate surface area is 132 Å². The number of benzene rings is 2. The van der Waals surface area contributed by atoms with Crippen LogP contribution in [0.2, 0.25) is 5.02 Å². The molecule has 2 aromatic carbocycles. The Morgan fingerprint density at radius 1 is 1.14 bits per heavy atom. The van der Waals surface area contributed by atoms with E-state index in [1.807, 2.05) is 24.3 Å². The van der Waals surface area contributed by atoms with Gasteiger partial charge in [0.05, 0.1) is 6.42 Å². The maximum absolute atomic E-state index is 13.6. The topological polar surface area (TPSA) is 29.1 Å². The monoisotopic (exact) mass is 325 g/mol. The van der Waals surface area contributed by atoms with Crippen molar-refractivity contribution in [3.8, 4) is 0 Å². The highest BCUT2D eigenvalue weighted by Crippen LogP contribution is 2.19. The summed E-state index contributed by atoms with van der Waals surface area (Å²) in [6, 6.07) is 12.0. The number of amides is 1. The number of alkyl halides is 1. The van der Waals surface area contributed by atoms with Gasteiger partial charge in [0.1, 0.15) is 5.82 Å². The van der Waals surface area contributed by atoms with E-state index in [9.17, 15) is 9.18 Å². The van der Waals surface area contributed by atoms with Crippen molar-refractivity contribution in [2.75, 3.05) is 0 Å². The van der Waals surface area contributed by atoms with E-state index in [0.29, 0.717) is 12.4 Å². The highest BCUT2D eigenvalue weighted by Gasteiger charge is 2.11. The molecule has 0 atom stereocenters. The van der Waals surface area contributed by atoms with Gasteiger partial charge in [-0.25, -0.2) is 4.39 Å². The summed E-state index contributed by atoms with van der Waals surface area (Å²) < 4.78 is 13.6. The molecule has 1 N–H and O–H groups in total. The average Bonchev–Trinajstić information content (AvgIpc) is 2.49. The molecule has 0 heterocycles. The molecule has 0 aromatic heterocycles. The van der Waals surface area contributed by atoms with Crippen LogP contribution in [0.3, 0.4) is 0 Å². The molecule has 0 aliphatic heterocycles. The van der Waals surface area contributed by atoms with Crippen molar-refractivity contribution in [3.05, 3.63) is 70.0 Å². The van der Waals surface area contributed by atoms with Crippen LogP contribution in [0.4, 0.5) is 4.39 Å². The minimum Gasteiger partial charge on any atom is -0.352 e. The van der Waals surface area contributed by atoms with Crippen molar-refractivity contribution in [2.45, 2.75) is 18.8 Å². The molecule has 1 amide bonds. The summed E-state index contributed by atoms with van der Waals surface area (Å²) >= 11 is 11.7. The van der Waals surface area contributed by atoms with Crippen LogP contribution in [0.15, 0.2) is 42.5 Å². The first-order chi connectivity index (χ1) is 10.1. The number of rotatable bonds is 5. The second-order valence-electron chi connectivity index (χ2n) is 4.61. The van der Waals surface area contributed by atoms with Crippen LogP contribution in [-0.4, -0.2) is 5.91 Å². The fraction of sp³-hybridized carbons (Fsp3) is 0.188.